The van der Waals surface area contributed by atoms with Crippen molar-refractivity contribution in [3.05, 3.63) is 34.3 Å². The second-order valence-corrected chi connectivity index (χ2v) is 8.61. The number of halogens is 2. The van der Waals surface area contributed by atoms with Gasteiger partial charge in [-0.3, -0.25) is 4.79 Å². The minimum atomic E-state index is -3.46. The summed E-state index contributed by atoms with van der Waals surface area (Å²) < 4.78 is 25.3. The molecule has 0 spiro atoms. The van der Waals surface area contributed by atoms with Crippen molar-refractivity contribution in [2.24, 2.45) is 0 Å². The molecule has 1 aromatic rings. The Morgan fingerprint density at radius 1 is 1.43 bits per heavy atom. The Morgan fingerprint density at radius 2 is 2.17 bits per heavy atom. The van der Waals surface area contributed by atoms with Gasteiger partial charge in [0.25, 0.3) is 0 Å². The van der Waals surface area contributed by atoms with Crippen molar-refractivity contribution in [3.8, 4) is 0 Å². The Hall–Kier alpha value is -0.630. The number of nitrogens with one attached hydrogen (secondary N) is 1. The number of likely N-dealkylation sites (tertiary alicyclic amines) is 1. The van der Waals surface area contributed by atoms with Gasteiger partial charge in [0.15, 0.2) is 9.84 Å². The van der Waals surface area contributed by atoms with E-state index in [0.717, 1.165) is 17.3 Å². The highest BCUT2D eigenvalue weighted by atomic mass is 79.9. The molecule has 130 valence electrons. The van der Waals surface area contributed by atoms with Crippen molar-refractivity contribution in [2.75, 3.05) is 25.9 Å². The first-order chi connectivity index (χ1) is 10.4. The van der Waals surface area contributed by atoms with Crippen molar-refractivity contribution < 1.29 is 13.2 Å². The van der Waals surface area contributed by atoms with Gasteiger partial charge in [0.2, 0.25) is 5.91 Å². The molecule has 1 unspecified atom stereocenters. The average molecular weight is 426 g/mol. The summed E-state index contributed by atoms with van der Waals surface area (Å²) in [7, 11) is -1.59. The Kier molecular flexibility index (Phi) is 8.00. The van der Waals surface area contributed by atoms with Gasteiger partial charge in [-0.15, -0.1) is 12.4 Å². The molecule has 1 amide bonds. The quantitative estimate of drug-likeness (QED) is 0.783. The van der Waals surface area contributed by atoms with Crippen LogP contribution in [0.2, 0.25) is 0 Å². The molecule has 1 fully saturated rings. The number of carbonyl (C=O) groups excluding carboxylic acids is 1. The molecule has 1 aromatic carbocycles. The summed E-state index contributed by atoms with van der Waals surface area (Å²) in [6.45, 7) is 1.23. The van der Waals surface area contributed by atoms with Crippen molar-refractivity contribution in [1.82, 2.24) is 10.2 Å². The first-order valence-corrected chi connectivity index (χ1v) is 9.91. The van der Waals surface area contributed by atoms with Crippen LogP contribution in [0.1, 0.15) is 18.4 Å². The molecule has 5 nitrogen and oxygen atoms in total. The minimum absolute atomic E-state index is 0. The predicted molar refractivity (Wildman–Crippen MR) is 97.5 cm³/mol. The average Bonchev–Trinajstić information content (AvgIpc) is 2.46. The summed E-state index contributed by atoms with van der Waals surface area (Å²) in [6.07, 6.45) is 1.92. The summed E-state index contributed by atoms with van der Waals surface area (Å²) in [5.74, 6) is -0.827. The fourth-order valence-electron chi connectivity index (χ4n) is 2.65. The van der Waals surface area contributed by atoms with Crippen LogP contribution >= 0.6 is 28.3 Å². The van der Waals surface area contributed by atoms with Crippen molar-refractivity contribution in [2.45, 2.75) is 24.6 Å². The Labute approximate surface area is 152 Å². The number of sulfone groups is 1. The van der Waals surface area contributed by atoms with E-state index in [-0.39, 0.29) is 30.1 Å². The summed E-state index contributed by atoms with van der Waals surface area (Å²) in [4.78, 5) is 13.9. The molecule has 1 aliphatic heterocycles. The molecule has 1 N–H and O–H groups in total. The molecule has 2 rings (SSSR count). The van der Waals surface area contributed by atoms with Crippen molar-refractivity contribution in [3.63, 3.8) is 0 Å². The van der Waals surface area contributed by atoms with Gasteiger partial charge in [-0.05, 0) is 37.6 Å². The monoisotopic (exact) mass is 424 g/mol. The zero-order chi connectivity index (χ0) is 16.2. The van der Waals surface area contributed by atoms with E-state index in [9.17, 15) is 13.2 Å². The molecule has 1 heterocycles. The lowest BCUT2D eigenvalue weighted by atomic mass is 10.1. The highest BCUT2D eigenvalue weighted by Gasteiger charge is 2.26. The minimum Gasteiger partial charge on any atom is -0.340 e. The molecular formula is C15H22BrClN2O3S. The number of hydrogen-bond acceptors (Lipinski definition) is 4. The topological polar surface area (TPSA) is 66.5 Å². The van der Waals surface area contributed by atoms with Crippen LogP contribution in [0.5, 0.6) is 0 Å². The lowest BCUT2D eigenvalue weighted by Gasteiger charge is -2.32. The van der Waals surface area contributed by atoms with Crippen molar-refractivity contribution in [1.29, 1.82) is 0 Å². The number of benzene rings is 1. The number of likely N-dealkylation sites (N-methyl/N-ethyl adjacent to an activating group) is 1. The van der Waals surface area contributed by atoms with Crippen LogP contribution in [0.25, 0.3) is 0 Å². The molecule has 8 heteroatoms. The predicted octanol–water partition coefficient (Wildman–Crippen LogP) is 2.00. The van der Waals surface area contributed by atoms with Crippen LogP contribution in [0.3, 0.4) is 0 Å². The summed E-state index contributed by atoms with van der Waals surface area (Å²) in [5, 5.41) is 3.15. The maximum absolute atomic E-state index is 12.2. The Balaban J connectivity index is 0.00000264. The number of amides is 1. The van der Waals surface area contributed by atoms with Gasteiger partial charge >= 0.3 is 0 Å². The second-order valence-electron chi connectivity index (χ2n) is 5.63. The molecular weight excluding hydrogens is 404 g/mol. The van der Waals surface area contributed by atoms with Crippen LogP contribution in [-0.2, 0) is 20.4 Å². The third-order valence-corrected chi connectivity index (χ3v) is 5.75. The third-order valence-electron chi connectivity index (χ3n) is 3.80. The molecule has 23 heavy (non-hydrogen) atoms. The molecule has 0 radical (unpaired) electrons. The molecule has 0 aliphatic carbocycles. The van der Waals surface area contributed by atoms with Gasteiger partial charge in [0.05, 0.1) is 5.75 Å². The number of hydrogen-bond donors (Lipinski definition) is 1. The van der Waals surface area contributed by atoms with Gasteiger partial charge in [-0.2, -0.15) is 0 Å². The van der Waals surface area contributed by atoms with E-state index < -0.39 is 15.6 Å². The van der Waals surface area contributed by atoms with E-state index in [0.29, 0.717) is 18.7 Å². The van der Waals surface area contributed by atoms with Gasteiger partial charge in [0.1, 0.15) is 5.75 Å². The molecule has 0 saturated carbocycles. The van der Waals surface area contributed by atoms with Crippen LogP contribution in [-0.4, -0.2) is 51.2 Å². The third kappa shape index (κ3) is 6.41. The van der Waals surface area contributed by atoms with Crippen LogP contribution in [0.4, 0.5) is 0 Å². The second kappa shape index (κ2) is 9.01. The van der Waals surface area contributed by atoms with Gasteiger partial charge in [0, 0.05) is 23.6 Å². The van der Waals surface area contributed by atoms with E-state index in [4.69, 9.17) is 0 Å². The SMILES string of the molecule is CNC1CCCN(C(=O)CS(=O)(=O)Cc2cccc(Br)c2)C1.Cl. The lowest BCUT2D eigenvalue weighted by Crippen LogP contribution is -2.48. The van der Waals surface area contributed by atoms with Gasteiger partial charge in [-0.1, -0.05) is 28.1 Å². The summed E-state index contributed by atoms with van der Waals surface area (Å²) in [6, 6.07) is 7.40. The maximum Gasteiger partial charge on any atom is 0.237 e. The van der Waals surface area contributed by atoms with E-state index in [1.165, 1.54) is 0 Å². The number of carbonyl (C=O) groups is 1. The molecule has 0 aromatic heterocycles. The summed E-state index contributed by atoms with van der Waals surface area (Å²) in [5.41, 5.74) is 0.689. The van der Waals surface area contributed by atoms with Crippen molar-refractivity contribution >= 4 is 44.1 Å². The Morgan fingerprint density at radius 3 is 2.83 bits per heavy atom. The molecule has 1 saturated heterocycles. The lowest BCUT2D eigenvalue weighted by molar-refractivity contribution is -0.129. The molecule has 1 aliphatic rings. The summed E-state index contributed by atoms with van der Waals surface area (Å²) >= 11 is 3.32. The first kappa shape index (κ1) is 20.4. The van der Waals surface area contributed by atoms with E-state index in [2.05, 4.69) is 21.2 Å². The van der Waals surface area contributed by atoms with Crippen LogP contribution in [0.15, 0.2) is 28.7 Å². The highest BCUT2D eigenvalue weighted by molar-refractivity contribution is 9.10. The first-order valence-electron chi connectivity index (χ1n) is 7.29. The van der Waals surface area contributed by atoms with E-state index in [1.807, 2.05) is 13.1 Å². The van der Waals surface area contributed by atoms with Gasteiger partial charge in [-0.25, -0.2) is 8.42 Å². The highest BCUT2D eigenvalue weighted by Crippen LogP contribution is 2.15. The number of piperidine rings is 1. The van der Waals surface area contributed by atoms with E-state index in [1.54, 1.807) is 23.1 Å². The standard InChI is InChI=1S/C15H21BrN2O3S.ClH/c1-17-14-6-3-7-18(9-14)15(19)11-22(20,21)10-12-4-2-5-13(16)8-12;/h2,4-5,8,14,17H,3,6-7,9-11H2,1H3;1H. The Bertz CT molecular complexity index is 639. The fourth-order valence-corrected chi connectivity index (χ4v) is 4.45. The van der Waals surface area contributed by atoms with E-state index >= 15 is 0 Å². The molecule has 0 bridgehead atoms. The van der Waals surface area contributed by atoms with Crippen LogP contribution in [0, 0.1) is 0 Å². The maximum atomic E-state index is 12.2. The van der Waals surface area contributed by atoms with Gasteiger partial charge < -0.3 is 10.2 Å². The zero-order valence-corrected chi connectivity index (χ0v) is 16.2. The zero-order valence-electron chi connectivity index (χ0n) is 13.0. The largest absolute Gasteiger partial charge is 0.340 e. The fraction of sp³-hybridized carbons (Fsp3) is 0.533. The smallest absolute Gasteiger partial charge is 0.237 e. The number of rotatable bonds is 5. The normalized spacial score (nSPS) is 18.3. The van der Waals surface area contributed by atoms with Crippen LogP contribution < -0.4 is 5.32 Å². The number of nitrogens with zero attached hydrogens (tertiary/aromatic N) is 1. The molecule has 1 atom stereocenters.